The SMILES string of the molecule is Cc1cccc(-c2[nH]ncc2C(=O)NCCC2=CCCCC2)c1. The maximum atomic E-state index is 12.4. The second-order valence-corrected chi connectivity index (χ2v) is 6.14. The van der Waals surface area contributed by atoms with Gasteiger partial charge in [0.2, 0.25) is 0 Å². The molecular weight excluding hydrogens is 286 g/mol. The number of allylic oxidation sites excluding steroid dienone is 1. The zero-order valence-electron chi connectivity index (χ0n) is 13.6. The maximum Gasteiger partial charge on any atom is 0.255 e. The minimum absolute atomic E-state index is 0.0633. The van der Waals surface area contributed by atoms with Crippen molar-refractivity contribution < 1.29 is 4.79 Å². The predicted octanol–water partition coefficient (Wildman–Crippen LogP) is 4.01. The van der Waals surface area contributed by atoms with Gasteiger partial charge in [-0.15, -0.1) is 0 Å². The van der Waals surface area contributed by atoms with Gasteiger partial charge in [-0.1, -0.05) is 35.4 Å². The molecule has 1 amide bonds. The first-order valence-electron chi connectivity index (χ1n) is 8.30. The number of amides is 1. The van der Waals surface area contributed by atoms with Crippen molar-refractivity contribution in [3.8, 4) is 11.3 Å². The summed E-state index contributed by atoms with van der Waals surface area (Å²) in [6, 6.07) is 8.07. The summed E-state index contributed by atoms with van der Waals surface area (Å²) in [5.41, 5.74) is 5.01. The fraction of sp³-hybridized carbons (Fsp3) is 0.368. The number of aryl methyl sites for hydroxylation is 1. The Bertz CT molecular complexity index is 715. The number of carbonyl (C=O) groups excluding carboxylic acids is 1. The maximum absolute atomic E-state index is 12.4. The highest BCUT2D eigenvalue weighted by atomic mass is 16.1. The van der Waals surface area contributed by atoms with E-state index in [1.54, 1.807) is 6.20 Å². The number of rotatable bonds is 5. The van der Waals surface area contributed by atoms with Crippen molar-refractivity contribution in [2.45, 2.75) is 39.0 Å². The van der Waals surface area contributed by atoms with Crippen molar-refractivity contribution in [3.63, 3.8) is 0 Å². The first-order valence-corrected chi connectivity index (χ1v) is 8.30. The number of aromatic amines is 1. The summed E-state index contributed by atoms with van der Waals surface area (Å²) < 4.78 is 0. The lowest BCUT2D eigenvalue weighted by Gasteiger charge is -2.13. The number of nitrogens with one attached hydrogen (secondary N) is 2. The fourth-order valence-electron chi connectivity index (χ4n) is 3.04. The Morgan fingerprint density at radius 3 is 3.04 bits per heavy atom. The molecule has 0 bridgehead atoms. The van der Waals surface area contributed by atoms with Crippen molar-refractivity contribution in [1.82, 2.24) is 15.5 Å². The first kappa shape index (κ1) is 15.5. The summed E-state index contributed by atoms with van der Waals surface area (Å²) in [6.45, 7) is 2.72. The molecule has 0 aliphatic heterocycles. The van der Waals surface area contributed by atoms with E-state index in [9.17, 15) is 4.79 Å². The van der Waals surface area contributed by atoms with E-state index in [0.717, 1.165) is 23.2 Å². The molecule has 0 saturated carbocycles. The van der Waals surface area contributed by atoms with Crippen LogP contribution < -0.4 is 5.32 Å². The van der Waals surface area contributed by atoms with Crippen LogP contribution >= 0.6 is 0 Å². The lowest BCUT2D eigenvalue weighted by Crippen LogP contribution is -2.25. The summed E-state index contributed by atoms with van der Waals surface area (Å²) in [5.74, 6) is -0.0633. The Balaban J connectivity index is 1.64. The van der Waals surface area contributed by atoms with Gasteiger partial charge in [-0.05, 0) is 45.1 Å². The number of aromatic nitrogens is 2. The van der Waals surface area contributed by atoms with Gasteiger partial charge in [0.15, 0.2) is 0 Å². The predicted molar refractivity (Wildman–Crippen MR) is 92.3 cm³/mol. The van der Waals surface area contributed by atoms with Crippen molar-refractivity contribution in [2.24, 2.45) is 0 Å². The molecule has 0 radical (unpaired) electrons. The van der Waals surface area contributed by atoms with Gasteiger partial charge in [-0.25, -0.2) is 0 Å². The zero-order valence-corrected chi connectivity index (χ0v) is 13.6. The average Bonchev–Trinajstić information content (AvgIpc) is 3.05. The van der Waals surface area contributed by atoms with Crippen LogP contribution in [0.2, 0.25) is 0 Å². The molecule has 0 saturated heterocycles. The Morgan fingerprint density at radius 1 is 1.35 bits per heavy atom. The Kier molecular flexibility index (Phi) is 4.91. The third-order valence-corrected chi connectivity index (χ3v) is 4.31. The molecule has 1 aromatic carbocycles. The summed E-state index contributed by atoms with van der Waals surface area (Å²) in [5, 5.41) is 10.0. The normalized spacial score (nSPS) is 14.4. The van der Waals surface area contributed by atoms with E-state index in [-0.39, 0.29) is 5.91 Å². The molecule has 0 fully saturated rings. The van der Waals surface area contributed by atoms with Gasteiger partial charge < -0.3 is 5.32 Å². The van der Waals surface area contributed by atoms with E-state index in [2.05, 4.69) is 27.7 Å². The fourth-order valence-corrected chi connectivity index (χ4v) is 3.04. The van der Waals surface area contributed by atoms with Gasteiger partial charge in [-0.2, -0.15) is 5.10 Å². The highest BCUT2D eigenvalue weighted by Crippen LogP contribution is 2.22. The third kappa shape index (κ3) is 3.89. The summed E-state index contributed by atoms with van der Waals surface area (Å²) >= 11 is 0. The zero-order chi connectivity index (χ0) is 16.1. The van der Waals surface area contributed by atoms with E-state index >= 15 is 0 Å². The van der Waals surface area contributed by atoms with E-state index in [1.807, 2.05) is 25.1 Å². The van der Waals surface area contributed by atoms with Crippen molar-refractivity contribution in [1.29, 1.82) is 0 Å². The van der Waals surface area contributed by atoms with Gasteiger partial charge in [0.25, 0.3) is 5.91 Å². The molecule has 4 heteroatoms. The average molecular weight is 309 g/mol. The second-order valence-electron chi connectivity index (χ2n) is 6.14. The standard InChI is InChI=1S/C19H23N3O/c1-14-6-5-9-16(12-14)18-17(13-21-22-18)19(23)20-11-10-15-7-3-2-4-8-15/h5-7,9,12-13H,2-4,8,10-11H2,1H3,(H,20,23)(H,21,22). The molecule has 4 nitrogen and oxygen atoms in total. The molecule has 0 atom stereocenters. The number of hydrogen-bond donors (Lipinski definition) is 2. The van der Waals surface area contributed by atoms with Gasteiger partial charge in [0.05, 0.1) is 17.5 Å². The quantitative estimate of drug-likeness (QED) is 0.820. The molecule has 1 heterocycles. The molecule has 23 heavy (non-hydrogen) atoms. The number of H-pyrrole nitrogens is 1. The minimum Gasteiger partial charge on any atom is -0.352 e. The number of carbonyl (C=O) groups is 1. The van der Waals surface area contributed by atoms with Gasteiger partial charge in [-0.3, -0.25) is 9.89 Å². The number of benzene rings is 1. The summed E-state index contributed by atoms with van der Waals surface area (Å²) in [7, 11) is 0. The van der Waals surface area contributed by atoms with Crippen LogP contribution in [0.15, 0.2) is 42.1 Å². The highest BCUT2D eigenvalue weighted by Gasteiger charge is 2.15. The Morgan fingerprint density at radius 2 is 2.26 bits per heavy atom. The van der Waals surface area contributed by atoms with Crippen molar-refractivity contribution >= 4 is 5.91 Å². The van der Waals surface area contributed by atoms with E-state index < -0.39 is 0 Å². The Hall–Kier alpha value is -2.36. The first-order chi connectivity index (χ1) is 11.2. The molecular formula is C19H23N3O. The van der Waals surface area contributed by atoms with E-state index in [1.165, 1.54) is 31.3 Å². The van der Waals surface area contributed by atoms with Crippen LogP contribution in [0, 0.1) is 6.92 Å². The lowest BCUT2D eigenvalue weighted by molar-refractivity contribution is 0.0954. The van der Waals surface area contributed by atoms with Crippen LogP contribution in [-0.2, 0) is 0 Å². The molecule has 2 aromatic rings. The Labute approximate surface area is 137 Å². The van der Waals surface area contributed by atoms with Crippen molar-refractivity contribution in [3.05, 3.63) is 53.2 Å². The number of nitrogens with zero attached hydrogens (tertiary/aromatic N) is 1. The van der Waals surface area contributed by atoms with Crippen LogP contribution in [0.1, 0.15) is 48.0 Å². The third-order valence-electron chi connectivity index (χ3n) is 4.31. The van der Waals surface area contributed by atoms with E-state index in [4.69, 9.17) is 0 Å². The van der Waals surface area contributed by atoms with Crippen LogP contribution in [-0.4, -0.2) is 22.6 Å². The van der Waals surface area contributed by atoms with E-state index in [0.29, 0.717) is 12.1 Å². The van der Waals surface area contributed by atoms with Crippen molar-refractivity contribution in [2.75, 3.05) is 6.54 Å². The minimum atomic E-state index is -0.0633. The molecule has 0 unspecified atom stereocenters. The molecule has 1 aromatic heterocycles. The lowest BCUT2D eigenvalue weighted by atomic mass is 9.97. The van der Waals surface area contributed by atoms with Crippen LogP contribution in [0.5, 0.6) is 0 Å². The van der Waals surface area contributed by atoms with Crippen LogP contribution in [0.25, 0.3) is 11.3 Å². The molecule has 120 valence electrons. The van der Waals surface area contributed by atoms with Gasteiger partial charge in [0.1, 0.15) is 0 Å². The van der Waals surface area contributed by atoms with Crippen LogP contribution in [0.3, 0.4) is 0 Å². The van der Waals surface area contributed by atoms with Gasteiger partial charge in [0, 0.05) is 12.1 Å². The number of hydrogen-bond acceptors (Lipinski definition) is 2. The largest absolute Gasteiger partial charge is 0.352 e. The highest BCUT2D eigenvalue weighted by molar-refractivity contribution is 5.99. The molecule has 0 spiro atoms. The topological polar surface area (TPSA) is 57.8 Å². The van der Waals surface area contributed by atoms with Gasteiger partial charge >= 0.3 is 0 Å². The van der Waals surface area contributed by atoms with Crippen LogP contribution in [0.4, 0.5) is 0 Å². The second kappa shape index (κ2) is 7.27. The molecule has 2 N–H and O–H groups in total. The molecule has 1 aliphatic rings. The molecule has 3 rings (SSSR count). The smallest absolute Gasteiger partial charge is 0.255 e. The monoisotopic (exact) mass is 309 g/mol. The summed E-state index contributed by atoms with van der Waals surface area (Å²) in [4.78, 5) is 12.4. The summed E-state index contributed by atoms with van der Waals surface area (Å²) in [6.07, 6.45) is 9.81. The molecule has 1 aliphatic carbocycles.